The monoisotopic (exact) mass is 550 g/mol. The van der Waals surface area contributed by atoms with Gasteiger partial charge in [-0.15, -0.1) is 0 Å². The number of para-hydroxylation sites is 3. The van der Waals surface area contributed by atoms with Gasteiger partial charge in [-0.25, -0.2) is 14.7 Å². The second-order valence-electron chi connectivity index (χ2n) is 11.5. The highest BCUT2D eigenvalue weighted by Gasteiger charge is 2.41. The van der Waals surface area contributed by atoms with Crippen LogP contribution in [0.15, 0.2) is 107 Å². The summed E-state index contributed by atoms with van der Waals surface area (Å²) >= 11 is 0. The fraction of sp³-hybridized carbons (Fsp3) is 0.194. The SMILES string of the molecule is Cc1ccc(N=C2Nc3ccccc3N3C2=Nc2c(c(C)nn2-c2ccccc2)C3c2ccc(C(C)C)cc2)c(C)c1. The van der Waals surface area contributed by atoms with Crippen LogP contribution in [0.4, 0.5) is 22.9 Å². The predicted octanol–water partition coefficient (Wildman–Crippen LogP) is 8.72. The summed E-state index contributed by atoms with van der Waals surface area (Å²) in [6, 6.07) is 33.9. The molecule has 208 valence electrons. The van der Waals surface area contributed by atoms with Crippen molar-refractivity contribution in [1.29, 1.82) is 0 Å². The lowest BCUT2D eigenvalue weighted by atomic mass is 9.91. The number of rotatable bonds is 4. The first kappa shape index (κ1) is 26.0. The van der Waals surface area contributed by atoms with Gasteiger partial charge in [0, 0.05) is 5.56 Å². The van der Waals surface area contributed by atoms with E-state index in [4.69, 9.17) is 15.1 Å². The molecule has 2 aliphatic rings. The predicted molar refractivity (Wildman–Crippen MR) is 173 cm³/mol. The van der Waals surface area contributed by atoms with Gasteiger partial charge in [-0.2, -0.15) is 5.10 Å². The number of nitrogens with zero attached hydrogens (tertiary/aromatic N) is 5. The molecule has 2 aliphatic heterocycles. The summed E-state index contributed by atoms with van der Waals surface area (Å²) in [7, 11) is 0. The largest absolute Gasteiger partial charge is 0.335 e. The minimum absolute atomic E-state index is 0.140. The number of anilines is 2. The van der Waals surface area contributed by atoms with Gasteiger partial charge in [0.05, 0.1) is 34.5 Å². The minimum Gasteiger partial charge on any atom is -0.335 e. The summed E-state index contributed by atoms with van der Waals surface area (Å²) < 4.78 is 1.97. The van der Waals surface area contributed by atoms with E-state index in [1.165, 1.54) is 16.7 Å². The second-order valence-corrected chi connectivity index (χ2v) is 11.5. The van der Waals surface area contributed by atoms with E-state index in [9.17, 15) is 0 Å². The van der Waals surface area contributed by atoms with Crippen LogP contribution in [0.2, 0.25) is 0 Å². The van der Waals surface area contributed by atoms with Crippen molar-refractivity contribution in [3.63, 3.8) is 0 Å². The Morgan fingerprint density at radius 1 is 0.833 bits per heavy atom. The first-order chi connectivity index (χ1) is 20.4. The topological polar surface area (TPSA) is 57.8 Å². The number of hydrogen-bond acceptors (Lipinski definition) is 4. The number of amidine groups is 2. The highest BCUT2D eigenvalue weighted by Crippen LogP contribution is 2.48. The van der Waals surface area contributed by atoms with Gasteiger partial charge in [0.25, 0.3) is 0 Å². The van der Waals surface area contributed by atoms with Gasteiger partial charge in [0.2, 0.25) is 0 Å². The molecule has 1 aromatic heterocycles. The summed E-state index contributed by atoms with van der Waals surface area (Å²) in [4.78, 5) is 12.9. The van der Waals surface area contributed by atoms with E-state index in [-0.39, 0.29) is 6.04 Å². The Hall–Kier alpha value is -4.97. The molecule has 6 heteroatoms. The van der Waals surface area contributed by atoms with E-state index < -0.39 is 0 Å². The molecule has 1 unspecified atom stereocenters. The standard InChI is InChI=1S/C36H34N6/c1-22(2)26-16-18-27(19-17-26)33-32-25(5)40-42(28-11-7-6-8-12-28)35(32)39-36-34(37-29-20-15-23(3)21-24(29)4)38-30-13-9-10-14-31(30)41(33)36/h6-22,33H,1-5H3,(H,37,38). The van der Waals surface area contributed by atoms with Gasteiger partial charge < -0.3 is 10.2 Å². The molecule has 42 heavy (non-hydrogen) atoms. The maximum absolute atomic E-state index is 5.36. The molecule has 0 spiro atoms. The third-order valence-electron chi connectivity index (χ3n) is 8.19. The van der Waals surface area contributed by atoms with Crippen molar-refractivity contribution in [3.05, 3.63) is 131 Å². The highest BCUT2D eigenvalue weighted by molar-refractivity contribution is 6.52. The fourth-order valence-electron chi connectivity index (χ4n) is 6.01. The van der Waals surface area contributed by atoms with E-state index >= 15 is 0 Å². The molecule has 0 bridgehead atoms. The molecule has 4 aromatic carbocycles. The molecule has 5 aromatic rings. The number of hydrogen-bond donors (Lipinski definition) is 1. The Kier molecular flexibility index (Phi) is 6.27. The summed E-state index contributed by atoms with van der Waals surface area (Å²) in [5.41, 5.74) is 10.9. The first-order valence-corrected chi connectivity index (χ1v) is 14.5. The number of aryl methyl sites for hydroxylation is 3. The molecule has 1 N–H and O–H groups in total. The first-order valence-electron chi connectivity index (χ1n) is 14.5. The van der Waals surface area contributed by atoms with Crippen LogP contribution < -0.4 is 10.2 Å². The number of benzene rings is 4. The Bertz CT molecular complexity index is 1860. The highest BCUT2D eigenvalue weighted by atomic mass is 15.4. The van der Waals surface area contributed by atoms with E-state index in [1.54, 1.807) is 0 Å². The molecule has 0 saturated heterocycles. The van der Waals surface area contributed by atoms with E-state index in [1.807, 2.05) is 22.9 Å². The summed E-state index contributed by atoms with van der Waals surface area (Å²) in [6.07, 6.45) is 0. The van der Waals surface area contributed by atoms with Crippen LogP contribution in [0.1, 0.15) is 59.3 Å². The summed E-state index contributed by atoms with van der Waals surface area (Å²) in [5.74, 6) is 2.78. The van der Waals surface area contributed by atoms with E-state index in [0.717, 1.165) is 51.2 Å². The van der Waals surface area contributed by atoms with Crippen molar-refractivity contribution >= 4 is 34.6 Å². The molecule has 1 atom stereocenters. The average molecular weight is 551 g/mol. The van der Waals surface area contributed by atoms with Crippen LogP contribution in [0.25, 0.3) is 5.69 Å². The maximum Gasteiger partial charge on any atom is 0.179 e. The number of aromatic nitrogens is 2. The average Bonchev–Trinajstić information content (AvgIpc) is 3.34. The Balaban J connectivity index is 1.51. The lowest BCUT2D eigenvalue weighted by molar-refractivity contribution is 0.811. The van der Waals surface area contributed by atoms with Crippen LogP contribution in [0, 0.1) is 20.8 Å². The Morgan fingerprint density at radius 3 is 2.31 bits per heavy atom. The van der Waals surface area contributed by atoms with Crippen molar-refractivity contribution in [2.24, 2.45) is 9.98 Å². The lowest BCUT2D eigenvalue weighted by Gasteiger charge is -2.42. The molecular weight excluding hydrogens is 516 g/mol. The van der Waals surface area contributed by atoms with Gasteiger partial charge in [0.1, 0.15) is 0 Å². The molecule has 3 heterocycles. The molecule has 6 nitrogen and oxygen atoms in total. The number of fused-ring (bicyclic) bond motifs is 4. The molecular formula is C36H34N6. The molecule has 0 amide bonds. The van der Waals surface area contributed by atoms with Gasteiger partial charge in [-0.05, 0) is 73.7 Å². The van der Waals surface area contributed by atoms with Gasteiger partial charge in [0.15, 0.2) is 17.5 Å². The molecule has 0 radical (unpaired) electrons. The zero-order valence-corrected chi connectivity index (χ0v) is 24.6. The second kappa shape index (κ2) is 10.1. The van der Waals surface area contributed by atoms with Crippen molar-refractivity contribution in [3.8, 4) is 5.69 Å². The third-order valence-corrected chi connectivity index (χ3v) is 8.19. The number of nitrogens with one attached hydrogen (secondary N) is 1. The Morgan fingerprint density at radius 2 is 1.57 bits per heavy atom. The van der Waals surface area contributed by atoms with Crippen LogP contribution in [0.3, 0.4) is 0 Å². The van der Waals surface area contributed by atoms with E-state index in [2.05, 4.69) is 124 Å². The summed E-state index contributed by atoms with van der Waals surface area (Å²) in [6.45, 7) is 10.8. The maximum atomic E-state index is 5.36. The lowest BCUT2D eigenvalue weighted by Crippen LogP contribution is -2.48. The van der Waals surface area contributed by atoms with Gasteiger partial charge in [-0.1, -0.05) is 86.1 Å². The fourth-order valence-corrected chi connectivity index (χ4v) is 6.01. The zero-order chi connectivity index (χ0) is 29.0. The van der Waals surface area contributed by atoms with Crippen molar-refractivity contribution in [2.45, 2.75) is 46.6 Å². The van der Waals surface area contributed by atoms with Crippen molar-refractivity contribution in [2.75, 3.05) is 10.2 Å². The van der Waals surface area contributed by atoms with Crippen LogP contribution in [-0.4, -0.2) is 21.5 Å². The zero-order valence-electron chi connectivity index (χ0n) is 24.6. The minimum atomic E-state index is -0.140. The van der Waals surface area contributed by atoms with Crippen LogP contribution in [0.5, 0.6) is 0 Å². The molecule has 0 fully saturated rings. The van der Waals surface area contributed by atoms with Gasteiger partial charge in [-0.3, -0.25) is 0 Å². The molecule has 0 saturated carbocycles. The Labute approximate surface area is 247 Å². The third kappa shape index (κ3) is 4.31. The smallest absolute Gasteiger partial charge is 0.179 e. The number of aliphatic imine (C=N–C) groups is 2. The van der Waals surface area contributed by atoms with E-state index in [0.29, 0.717) is 11.8 Å². The molecule has 7 rings (SSSR count). The van der Waals surface area contributed by atoms with Crippen molar-refractivity contribution in [1.82, 2.24) is 9.78 Å². The van der Waals surface area contributed by atoms with Crippen LogP contribution >= 0.6 is 0 Å². The normalized spacial score (nSPS) is 16.5. The van der Waals surface area contributed by atoms with Crippen molar-refractivity contribution < 1.29 is 0 Å². The van der Waals surface area contributed by atoms with Gasteiger partial charge >= 0.3 is 0 Å². The quantitative estimate of drug-likeness (QED) is 0.243. The molecule has 0 aliphatic carbocycles. The van der Waals surface area contributed by atoms with Crippen LogP contribution in [-0.2, 0) is 0 Å². The summed E-state index contributed by atoms with van der Waals surface area (Å²) in [5, 5.41) is 8.68.